The third-order valence-corrected chi connectivity index (χ3v) is 6.22. The molecule has 0 saturated carbocycles. The fraction of sp³-hybridized carbons (Fsp3) is 0.0476. The molecule has 3 aromatic carbocycles. The smallest absolute Gasteiger partial charge is 0.000744 e. The van der Waals surface area contributed by atoms with Crippen molar-refractivity contribution in [3.8, 4) is 0 Å². The van der Waals surface area contributed by atoms with Crippen molar-refractivity contribution < 1.29 is 0 Å². The van der Waals surface area contributed by atoms with Crippen LogP contribution in [0.25, 0.3) is 6.08 Å². The Morgan fingerprint density at radius 3 is 1.64 bits per heavy atom. The summed E-state index contributed by atoms with van der Waals surface area (Å²) >= 11 is 0. The standard InChI is InChI=1S/C21H19P/c1-2-18-13-15-19(16-14-18)17-22(20-9-5-3-6-10-20)21-11-7-4-8-12-21/h2-16H,1,17H2. The number of hydrogen-bond acceptors (Lipinski definition) is 0. The maximum absolute atomic E-state index is 3.82. The van der Waals surface area contributed by atoms with Gasteiger partial charge in [-0.15, -0.1) is 0 Å². The van der Waals surface area contributed by atoms with Crippen LogP contribution < -0.4 is 10.6 Å². The molecule has 0 aliphatic rings. The minimum absolute atomic E-state index is 0.367. The molecule has 1 heteroatoms. The fourth-order valence-electron chi connectivity index (χ4n) is 2.49. The first kappa shape index (κ1) is 14.8. The van der Waals surface area contributed by atoms with Crippen LogP contribution in [0.5, 0.6) is 0 Å². The van der Waals surface area contributed by atoms with Crippen molar-refractivity contribution in [2.75, 3.05) is 0 Å². The van der Waals surface area contributed by atoms with E-state index in [0.717, 1.165) is 6.16 Å². The maximum Gasteiger partial charge on any atom is 0.000744 e. The van der Waals surface area contributed by atoms with Crippen molar-refractivity contribution >= 4 is 24.6 Å². The number of hydrogen-bond donors (Lipinski definition) is 0. The second-order valence-corrected chi connectivity index (χ2v) is 7.41. The van der Waals surface area contributed by atoms with Crippen LogP contribution in [0.4, 0.5) is 0 Å². The third kappa shape index (κ3) is 3.53. The summed E-state index contributed by atoms with van der Waals surface area (Å²) in [6.45, 7) is 3.82. The molecule has 0 fully saturated rings. The summed E-state index contributed by atoms with van der Waals surface area (Å²) in [5.41, 5.74) is 2.55. The Bertz CT molecular complexity index is 675. The molecule has 3 rings (SSSR count). The lowest BCUT2D eigenvalue weighted by molar-refractivity contribution is 1.40. The van der Waals surface area contributed by atoms with E-state index in [4.69, 9.17) is 0 Å². The summed E-state index contributed by atoms with van der Waals surface area (Å²) in [7, 11) is -0.367. The Labute approximate surface area is 133 Å². The van der Waals surface area contributed by atoms with Crippen LogP contribution >= 0.6 is 7.92 Å². The van der Waals surface area contributed by atoms with E-state index in [9.17, 15) is 0 Å². The lowest BCUT2D eigenvalue weighted by atomic mass is 10.1. The predicted octanol–water partition coefficient (Wildman–Crippen LogP) is 4.96. The topological polar surface area (TPSA) is 0 Å². The zero-order chi connectivity index (χ0) is 15.2. The van der Waals surface area contributed by atoms with Gasteiger partial charge in [0.2, 0.25) is 0 Å². The fourth-order valence-corrected chi connectivity index (χ4v) is 4.79. The number of benzene rings is 3. The SMILES string of the molecule is C=Cc1ccc(CP(c2ccccc2)c2ccccc2)cc1. The van der Waals surface area contributed by atoms with Crippen LogP contribution in [-0.2, 0) is 6.16 Å². The zero-order valence-electron chi connectivity index (χ0n) is 12.5. The summed E-state index contributed by atoms with van der Waals surface area (Å²) in [6, 6.07) is 30.4. The van der Waals surface area contributed by atoms with Crippen LogP contribution in [0.1, 0.15) is 11.1 Å². The molecule has 0 spiro atoms. The van der Waals surface area contributed by atoms with Gasteiger partial charge in [0, 0.05) is 6.16 Å². The monoisotopic (exact) mass is 302 g/mol. The molecule has 0 aliphatic heterocycles. The van der Waals surface area contributed by atoms with Crippen molar-refractivity contribution in [2.24, 2.45) is 0 Å². The minimum atomic E-state index is -0.367. The highest BCUT2D eigenvalue weighted by molar-refractivity contribution is 7.72. The molecule has 0 atom stereocenters. The second kappa shape index (κ2) is 7.20. The van der Waals surface area contributed by atoms with Gasteiger partial charge in [-0.1, -0.05) is 97.6 Å². The summed E-state index contributed by atoms with van der Waals surface area (Å²) in [5, 5.41) is 2.85. The van der Waals surface area contributed by atoms with Crippen molar-refractivity contribution in [3.63, 3.8) is 0 Å². The molecule has 0 N–H and O–H groups in total. The van der Waals surface area contributed by atoms with Gasteiger partial charge in [-0.2, -0.15) is 0 Å². The van der Waals surface area contributed by atoms with Crippen molar-refractivity contribution in [2.45, 2.75) is 6.16 Å². The lowest BCUT2D eigenvalue weighted by Gasteiger charge is -2.19. The minimum Gasteiger partial charge on any atom is -0.0985 e. The molecular weight excluding hydrogens is 283 g/mol. The first-order valence-corrected chi connectivity index (χ1v) is 8.98. The van der Waals surface area contributed by atoms with Gasteiger partial charge < -0.3 is 0 Å². The van der Waals surface area contributed by atoms with Gasteiger partial charge in [0.1, 0.15) is 0 Å². The number of rotatable bonds is 5. The molecule has 0 radical (unpaired) electrons. The van der Waals surface area contributed by atoms with Crippen LogP contribution in [0.2, 0.25) is 0 Å². The molecule has 3 aromatic rings. The van der Waals surface area contributed by atoms with E-state index >= 15 is 0 Å². The predicted molar refractivity (Wildman–Crippen MR) is 99.3 cm³/mol. The Kier molecular flexibility index (Phi) is 4.83. The Morgan fingerprint density at radius 2 is 1.18 bits per heavy atom. The van der Waals surface area contributed by atoms with E-state index in [1.54, 1.807) is 0 Å². The van der Waals surface area contributed by atoms with Gasteiger partial charge in [-0.05, 0) is 29.7 Å². The first-order chi connectivity index (χ1) is 10.9. The largest absolute Gasteiger partial charge is 0.0985 e. The van der Waals surface area contributed by atoms with E-state index in [-0.39, 0.29) is 7.92 Å². The van der Waals surface area contributed by atoms with Gasteiger partial charge in [0.25, 0.3) is 0 Å². The molecule has 0 unspecified atom stereocenters. The van der Waals surface area contributed by atoms with Crippen molar-refractivity contribution in [1.82, 2.24) is 0 Å². The molecule has 0 bridgehead atoms. The molecule has 22 heavy (non-hydrogen) atoms. The van der Waals surface area contributed by atoms with Gasteiger partial charge in [0.05, 0.1) is 0 Å². The van der Waals surface area contributed by atoms with Crippen molar-refractivity contribution in [3.05, 3.63) is 103 Å². The van der Waals surface area contributed by atoms with Gasteiger partial charge in [0.15, 0.2) is 0 Å². The van der Waals surface area contributed by atoms with E-state index in [2.05, 4.69) is 91.5 Å². The molecule has 0 amide bonds. The van der Waals surface area contributed by atoms with Gasteiger partial charge >= 0.3 is 0 Å². The molecule has 108 valence electrons. The Morgan fingerprint density at radius 1 is 0.682 bits per heavy atom. The third-order valence-electron chi connectivity index (χ3n) is 3.69. The molecule has 0 nitrogen and oxygen atoms in total. The van der Waals surface area contributed by atoms with Gasteiger partial charge in [-0.25, -0.2) is 0 Å². The Balaban J connectivity index is 1.93. The van der Waals surface area contributed by atoms with E-state index in [1.807, 2.05) is 6.08 Å². The Hall–Kier alpha value is -2.17. The van der Waals surface area contributed by atoms with Crippen LogP contribution in [0, 0.1) is 0 Å². The maximum atomic E-state index is 3.82. The van der Waals surface area contributed by atoms with E-state index in [0.29, 0.717) is 0 Å². The molecule has 0 aliphatic carbocycles. The summed E-state index contributed by atoms with van der Waals surface area (Å²) < 4.78 is 0. The second-order valence-electron chi connectivity index (χ2n) is 5.20. The average Bonchev–Trinajstić information content (AvgIpc) is 2.62. The molecular formula is C21H19P. The van der Waals surface area contributed by atoms with Crippen LogP contribution in [0.3, 0.4) is 0 Å². The van der Waals surface area contributed by atoms with Gasteiger partial charge in [-0.3, -0.25) is 0 Å². The van der Waals surface area contributed by atoms with Crippen LogP contribution in [-0.4, -0.2) is 0 Å². The molecule has 0 aromatic heterocycles. The normalized spacial score (nSPS) is 10.6. The summed E-state index contributed by atoms with van der Waals surface area (Å²) in [5.74, 6) is 0. The highest BCUT2D eigenvalue weighted by Crippen LogP contribution is 2.37. The molecule has 0 heterocycles. The van der Waals surface area contributed by atoms with Crippen LogP contribution in [0.15, 0.2) is 91.5 Å². The van der Waals surface area contributed by atoms with E-state index in [1.165, 1.54) is 21.7 Å². The molecule has 0 saturated heterocycles. The summed E-state index contributed by atoms with van der Waals surface area (Å²) in [6.07, 6.45) is 2.96. The first-order valence-electron chi connectivity index (χ1n) is 7.46. The summed E-state index contributed by atoms with van der Waals surface area (Å²) in [4.78, 5) is 0. The van der Waals surface area contributed by atoms with Crippen molar-refractivity contribution in [1.29, 1.82) is 0 Å². The highest BCUT2D eigenvalue weighted by Gasteiger charge is 2.13. The highest BCUT2D eigenvalue weighted by atomic mass is 31.1. The lowest BCUT2D eigenvalue weighted by Crippen LogP contribution is -2.12. The quantitative estimate of drug-likeness (QED) is 0.584. The zero-order valence-corrected chi connectivity index (χ0v) is 13.4. The van der Waals surface area contributed by atoms with E-state index < -0.39 is 0 Å². The average molecular weight is 302 g/mol.